The number of aromatic hydroxyl groups is 1. The average Bonchev–Trinajstić information content (AvgIpc) is 2.70. The molecule has 1 saturated heterocycles. The van der Waals surface area contributed by atoms with Gasteiger partial charge in [0.05, 0.1) is 0 Å². The van der Waals surface area contributed by atoms with E-state index >= 15 is 0 Å². The summed E-state index contributed by atoms with van der Waals surface area (Å²) in [6.07, 6.45) is 0.191. The highest BCUT2D eigenvalue weighted by Gasteiger charge is 2.41. The van der Waals surface area contributed by atoms with Crippen LogP contribution >= 0.6 is 0 Å². The molecule has 5 heteroatoms. The average molecular weight is 224 g/mol. The molecule has 0 spiro atoms. The van der Waals surface area contributed by atoms with E-state index in [-0.39, 0.29) is 18.7 Å². The molecule has 1 amide bonds. The van der Waals surface area contributed by atoms with Gasteiger partial charge in [-0.05, 0) is 30.8 Å². The van der Waals surface area contributed by atoms with Gasteiger partial charge in [-0.15, -0.1) is 0 Å². The molecule has 1 aromatic rings. The molecule has 2 rings (SSSR count). The van der Waals surface area contributed by atoms with Crippen LogP contribution in [0.15, 0.2) is 24.3 Å². The SMILES string of the molecule is O=C(Nc1ccc(O)cc1)C1(F)CCNC1. The lowest BCUT2D eigenvalue weighted by atomic mass is 10.0. The summed E-state index contributed by atoms with van der Waals surface area (Å²) in [4.78, 5) is 11.6. The van der Waals surface area contributed by atoms with Crippen molar-refractivity contribution >= 4 is 11.6 Å². The standard InChI is InChI=1S/C11H13FN2O2/c12-11(5-6-13-7-11)10(16)14-8-1-3-9(15)4-2-8/h1-4,13,15H,5-7H2,(H,14,16). The molecule has 86 valence electrons. The van der Waals surface area contributed by atoms with E-state index in [2.05, 4.69) is 10.6 Å². The molecule has 0 aromatic heterocycles. The van der Waals surface area contributed by atoms with E-state index in [1.54, 1.807) is 0 Å². The number of carbonyl (C=O) groups is 1. The van der Waals surface area contributed by atoms with Crippen LogP contribution in [0.1, 0.15) is 6.42 Å². The quantitative estimate of drug-likeness (QED) is 0.657. The van der Waals surface area contributed by atoms with Gasteiger partial charge in [0.15, 0.2) is 0 Å². The van der Waals surface area contributed by atoms with Gasteiger partial charge in [-0.1, -0.05) is 0 Å². The summed E-state index contributed by atoms with van der Waals surface area (Å²) in [7, 11) is 0. The van der Waals surface area contributed by atoms with Gasteiger partial charge in [-0.25, -0.2) is 4.39 Å². The van der Waals surface area contributed by atoms with E-state index in [1.165, 1.54) is 24.3 Å². The Bertz CT molecular complexity index is 385. The lowest BCUT2D eigenvalue weighted by Gasteiger charge is -2.17. The van der Waals surface area contributed by atoms with E-state index in [0.29, 0.717) is 12.2 Å². The van der Waals surface area contributed by atoms with Crippen molar-refractivity contribution < 1.29 is 14.3 Å². The Hall–Kier alpha value is -1.62. The maximum atomic E-state index is 13.9. The van der Waals surface area contributed by atoms with Gasteiger partial charge >= 0.3 is 0 Å². The Morgan fingerprint density at radius 1 is 1.44 bits per heavy atom. The topological polar surface area (TPSA) is 61.4 Å². The summed E-state index contributed by atoms with van der Waals surface area (Å²) in [6, 6.07) is 5.93. The van der Waals surface area contributed by atoms with Crippen LogP contribution < -0.4 is 10.6 Å². The molecule has 0 saturated carbocycles. The second kappa shape index (κ2) is 4.09. The van der Waals surface area contributed by atoms with Crippen molar-refractivity contribution in [2.75, 3.05) is 18.4 Å². The summed E-state index contributed by atoms with van der Waals surface area (Å²) in [5.74, 6) is -0.529. The van der Waals surface area contributed by atoms with Gasteiger partial charge in [0.2, 0.25) is 5.67 Å². The number of halogens is 1. The van der Waals surface area contributed by atoms with Crippen LogP contribution in [-0.2, 0) is 4.79 Å². The Morgan fingerprint density at radius 2 is 2.12 bits per heavy atom. The largest absolute Gasteiger partial charge is 0.508 e. The number of phenols is 1. The molecule has 1 aliphatic heterocycles. The number of phenolic OH excluding ortho intramolecular Hbond substituents is 1. The summed E-state index contributed by atoms with van der Waals surface area (Å²) >= 11 is 0. The van der Waals surface area contributed by atoms with Crippen LogP contribution in [-0.4, -0.2) is 29.8 Å². The first kappa shape index (κ1) is 10.9. The molecule has 0 radical (unpaired) electrons. The molecule has 1 atom stereocenters. The first-order chi connectivity index (χ1) is 7.60. The predicted molar refractivity (Wildman–Crippen MR) is 58.1 cm³/mol. The highest BCUT2D eigenvalue weighted by molar-refractivity contribution is 5.97. The van der Waals surface area contributed by atoms with Crippen molar-refractivity contribution in [2.24, 2.45) is 0 Å². The fourth-order valence-electron chi connectivity index (χ4n) is 1.64. The fraction of sp³-hybridized carbons (Fsp3) is 0.364. The first-order valence-corrected chi connectivity index (χ1v) is 5.10. The van der Waals surface area contributed by atoms with Crippen LogP contribution in [0.3, 0.4) is 0 Å². The van der Waals surface area contributed by atoms with Gasteiger partial charge in [-0.2, -0.15) is 0 Å². The number of nitrogens with one attached hydrogen (secondary N) is 2. The summed E-state index contributed by atoms with van der Waals surface area (Å²) in [6.45, 7) is 0.566. The summed E-state index contributed by atoms with van der Waals surface area (Å²) in [5, 5.41) is 14.4. The van der Waals surface area contributed by atoms with E-state index in [4.69, 9.17) is 5.11 Å². The van der Waals surface area contributed by atoms with Crippen molar-refractivity contribution in [3.8, 4) is 5.75 Å². The highest BCUT2D eigenvalue weighted by Crippen LogP contribution is 2.22. The predicted octanol–water partition coefficient (Wildman–Crippen LogP) is 1.03. The number of hydrogen-bond acceptors (Lipinski definition) is 3. The molecule has 4 nitrogen and oxygen atoms in total. The number of anilines is 1. The molecule has 0 aliphatic carbocycles. The van der Waals surface area contributed by atoms with Gasteiger partial charge < -0.3 is 15.7 Å². The summed E-state index contributed by atoms with van der Waals surface area (Å²) in [5.41, 5.74) is -1.34. The third-order valence-corrected chi connectivity index (χ3v) is 2.64. The van der Waals surface area contributed by atoms with Crippen molar-refractivity contribution in [1.29, 1.82) is 0 Å². The summed E-state index contributed by atoms with van der Waals surface area (Å²) < 4.78 is 13.9. The number of amides is 1. The second-order valence-corrected chi connectivity index (χ2v) is 3.89. The zero-order chi connectivity index (χ0) is 11.6. The minimum atomic E-state index is -1.82. The number of hydrogen-bond donors (Lipinski definition) is 3. The van der Waals surface area contributed by atoms with Gasteiger partial charge in [-0.3, -0.25) is 4.79 Å². The Labute approximate surface area is 92.5 Å². The molecule has 16 heavy (non-hydrogen) atoms. The first-order valence-electron chi connectivity index (χ1n) is 5.10. The number of rotatable bonds is 2. The normalized spacial score (nSPS) is 24.3. The molecule has 1 unspecified atom stereocenters. The molecule has 1 fully saturated rings. The van der Waals surface area contributed by atoms with E-state index in [9.17, 15) is 9.18 Å². The van der Waals surface area contributed by atoms with Gasteiger partial charge in [0.1, 0.15) is 5.75 Å². The second-order valence-electron chi connectivity index (χ2n) is 3.89. The zero-order valence-electron chi connectivity index (χ0n) is 8.66. The molecule has 1 aliphatic rings. The van der Waals surface area contributed by atoms with Crippen molar-refractivity contribution in [2.45, 2.75) is 12.1 Å². The zero-order valence-corrected chi connectivity index (χ0v) is 8.66. The molecule has 3 N–H and O–H groups in total. The van der Waals surface area contributed by atoms with Crippen LogP contribution in [0.4, 0.5) is 10.1 Å². The molecular weight excluding hydrogens is 211 g/mol. The van der Waals surface area contributed by atoms with Crippen LogP contribution in [0.25, 0.3) is 0 Å². The molecule has 0 bridgehead atoms. The number of benzene rings is 1. The maximum absolute atomic E-state index is 13.9. The van der Waals surface area contributed by atoms with E-state index < -0.39 is 11.6 Å². The lowest BCUT2D eigenvalue weighted by molar-refractivity contribution is -0.126. The lowest BCUT2D eigenvalue weighted by Crippen LogP contribution is -2.40. The van der Waals surface area contributed by atoms with Crippen LogP contribution in [0, 0.1) is 0 Å². The smallest absolute Gasteiger partial charge is 0.263 e. The van der Waals surface area contributed by atoms with Crippen LogP contribution in [0.2, 0.25) is 0 Å². The molecule has 1 aromatic carbocycles. The number of carbonyl (C=O) groups excluding carboxylic acids is 1. The Balaban J connectivity index is 2.04. The molecular formula is C11H13FN2O2. The third kappa shape index (κ3) is 2.14. The van der Waals surface area contributed by atoms with Gasteiger partial charge in [0.25, 0.3) is 5.91 Å². The number of alkyl halides is 1. The van der Waals surface area contributed by atoms with E-state index in [0.717, 1.165) is 0 Å². The van der Waals surface area contributed by atoms with E-state index in [1.807, 2.05) is 0 Å². The maximum Gasteiger partial charge on any atom is 0.263 e. The minimum Gasteiger partial charge on any atom is -0.508 e. The van der Waals surface area contributed by atoms with Crippen LogP contribution in [0.5, 0.6) is 5.75 Å². The van der Waals surface area contributed by atoms with Crippen molar-refractivity contribution in [1.82, 2.24) is 5.32 Å². The minimum absolute atomic E-state index is 0.0525. The van der Waals surface area contributed by atoms with Crippen molar-refractivity contribution in [3.63, 3.8) is 0 Å². The monoisotopic (exact) mass is 224 g/mol. The third-order valence-electron chi connectivity index (χ3n) is 2.64. The Kier molecular flexibility index (Phi) is 2.78. The Morgan fingerprint density at radius 3 is 2.69 bits per heavy atom. The van der Waals surface area contributed by atoms with Gasteiger partial charge in [0, 0.05) is 18.7 Å². The van der Waals surface area contributed by atoms with Crippen molar-refractivity contribution in [3.05, 3.63) is 24.3 Å². The molecule has 1 heterocycles. The highest BCUT2D eigenvalue weighted by atomic mass is 19.1. The fourth-order valence-corrected chi connectivity index (χ4v) is 1.64.